The monoisotopic (exact) mass is 763 g/mol. The fourth-order valence-corrected chi connectivity index (χ4v) is 10.6. The summed E-state index contributed by atoms with van der Waals surface area (Å²) >= 11 is 1.84. The van der Waals surface area contributed by atoms with Crippen molar-refractivity contribution in [3.63, 3.8) is 0 Å². The van der Waals surface area contributed by atoms with Crippen LogP contribution in [0.1, 0.15) is 33.4 Å². The van der Waals surface area contributed by atoms with Gasteiger partial charge in [-0.05, 0) is 147 Å². The zero-order chi connectivity index (χ0) is 39.0. The fraction of sp³-hybridized carbons (Fsp3) is 0.0545. The van der Waals surface area contributed by atoms with Gasteiger partial charge in [-0.25, -0.2) is 4.39 Å². The van der Waals surface area contributed by atoms with Gasteiger partial charge in [-0.3, -0.25) is 0 Å². The number of thiophene rings is 1. The number of benzene rings is 9. The van der Waals surface area contributed by atoms with E-state index in [9.17, 15) is 0 Å². The van der Waals surface area contributed by atoms with Gasteiger partial charge in [0.05, 0.1) is 5.41 Å². The lowest BCUT2D eigenvalue weighted by Crippen LogP contribution is -2.29. The Morgan fingerprint density at radius 1 is 0.431 bits per heavy atom. The van der Waals surface area contributed by atoms with E-state index in [-0.39, 0.29) is 5.82 Å². The Hall–Kier alpha value is -6.81. The molecule has 276 valence electrons. The maximum Gasteiger partial charge on any atom is 0.123 e. The fourth-order valence-electron chi connectivity index (χ4n) is 9.53. The van der Waals surface area contributed by atoms with E-state index >= 15 is 4.39 Å². The first-order valence-electron chi connectivity index (χ1n) is 19.9. The van der Waals surface area contributed by atoms with Crippen molar-refractivity contribution < 1.29 is 4.39 Å². The summed E-state index contributed by atoms with van der Waals surface area (Å²) in [6, 6.07) is 69.4. The average Bonchev–Trinajstić information content (AvgIpc) is 3.78. The standard InChI is InChI=1S/C55H38FNS/c1-35-24-25-41(30-36(35)2)57(42-27-29-53-49(32-42)45-21-11-12-23-52(45)58-53)43-26-28-47-50(33-43)55(38-15-5-3-6-16-38,39-17-7-4-8-18-39)51-34-48(37-14-13-19-40(56)31-37)44-20-9-10-22-46(44)54(47)51/h3-34H,1-2H3. The molecule has 0 saturated heterocycles. The molecule has 11 rings (SSSR count). The van der Waals surface area contributed by atoms with Crippen molar-refractivity contribution in [3.05, 3.63) is 233 Å². The Kier molecular flexibility index (Phi) is 7.96. The molecule has 0 unspecified atom stereocenters. The Bertz CT molecular complexity index is 3180. The van der Waals surface area contributed by atoms with E-state index in [1.807, 2.05) is 23.5 Å². The summed E-state index contributed by atoms with van der Waals surface area (Å²) in [5.74, 6) is -0.243. The minimum atomic E-state index is -0.683. The number of halogens is 1. The van der Waals surface area contributed by atoms with Crippen LogP contribution in [0.5, 0.6) is 0 Å². The van der Waals surface area contributed by atoms with Crippen molar-refractivity contribution in [1.29, 1.82) is 0 Å². The third kappa shape index (κ3) is 5.20. The molecule has 0 amide bonds. The molecule has 1 aliphatic carbocycles. The highest BCUT2D eigenvalue weighted by Gasteiger charge is 2.47. The summed E-state index contributed by atoms with van der Waals surface area (Å²) in [6.45, 7) is 4.37. The van der Waals surface area contributed by atoms with Crippen LogP contribution in [-0.2, 0) is 5.41 Å². The smallest absolute Gasteiger partial charge is 0.123 e. The molecule has 0 radical (unpaired) electrons. The molecule has 0 atom stereocenters. The number of aryl methyl sites for hydroxylation is 2. The van der Waals surface area contributed by atoms with Crippen LogP contribution in [0.3, 0.4) is 0 Å². The molecule has 0 aliphatic heterocycles. The van der Waals surface area contributed by atoms with E-state index in [2.05, 4.69) is 189 Å². The SMILES string of the molecule is Cc1ccc(N(c2ccc3c(c2)C(c2ccccc2)(c2ccccc2)c2cc(-c4cccc(F)c4)c4ccccc4c2-3)c2ccc3sc4ccccc4c3c2)cc1C. The quantitative estimate of drug-likeness (QED) is 0.163. The van der Waals surface area contributed by atoms with E-state index in [4.69, 9.17) is 0 Å². The topological polar surface area (TPSA) is 3.24 Å². The summed E-state index contributed by atoms with van der Waals surface area (Å²) in [5, 5.41) is 4.80. The maximum atomic E-state index is 15.0. The summed E-state index contributed by atoms with van der Waals surface area (Å²) in [4.78, 5) is 2.43. The first-order valence-corrected chi connectivity index (χ1v) is 20.7. The molecular weight excluding hydrogens is 726 g/mol. The molecule has 0 saturated carbocycles. The van der Waals surface area contributed by atoms with Gasteiger partial charge in [0.15, 0.2) is 0 Å². The first kappa shape index (κ1) is 34.4. The largest absolute Gasteiger partial charge is 0.310 e. The molecule has 10 aromatic rings. The Balaban J connectivity index is 1.24. The Morgan fingerprint density at radius 2 is 1.05 bits per heavy atom. The van der Waals surface area contributed by atoms with E-state index in [0.29, 0.717) is 0 Å². The van der Waals surface area contributed by atoms with Crippen molar-refractivity contribution in [2.45, 2.75) is 19.3 Å². The number of hydrogen-bond donors (Lipinski definition) is 0. The zero-order valence-electron chi connectivity index (χ0n) is 32.2. The predicted molar refractivity (Wildman–Crippen MR) is 244 cm³/mol. The second kappa shape index (κ2) is 13.4. The van der Waals surface area contributed by atoms with E-state index < -0.39 is 5.41 Å². The molecular formula is C55H38FNS. The number of nitrogens with zero attached hydrogens (tertiary/aromatic N) is 1. The molecule has 1 nitrogen and oxygen atoms in total. The molecule has 0 N–H and O–H groups in total. The molecule has 0 spiro atoms. The van der Waals surface area contributed by atoms with Gasteiger partial charge in [0.25, 0.3) is 0 Å². The van der Waals surface area contributed by atoms with Crippen LogP contribution in [0.25, 0.3) is 53.2 Å². The minimum Gasteiger partial charge on any atom is -0.310 e. The van der Waals surface area contributed by atoms with Gasteiger partial charge in [0.2, 0.25) is 0 Å². The van der Waals surface area contributed by atoms with Gasteiger partial charge >= 0.3 is 0 Å². The van der Waals surface area contributed by atoms with Gasteiger partial charge < -0.3 is 4.90 Å². The van der Waals surface area contributed by atoms with Crippen LogP contribution in [0.4, 0.5) is 21.5 Å². The summed E-state index contributed by atoms with van der Waals surface area (Å²) in [7, 11) is 0. The Morgan fingerprint density at radius 3 is 1.79 bits per heavy atom. The van der Waals surface area contributed by atoms with Crippen LogP contribution in [0.15, 0.2) is 194 Å². The number of rotatable bonds is 6. The van der Waals surface area contributed by atoms with Crippen LogP contribution in [0, 0.1) is 19.7 Å². The first-order chi connectivity index (χ1) is 28.5. The lowest BCUT2D eigenvalue weighted by atomic mass is 9.67. The molecule has 1 heterocycles. The van der Waals surface area contributed by atoms with Crippen molar-refractivity contribution in [3.8, 4) is 22.3 Å². The molecule has 9 aromatic carbocycles. The summed E-state index contributed by atoms with van der Waals surface area (Å²) in [6.07, 6.45) is 0. The molecule has 58 heavy (non-hydrogen) atoms. The highest BCUT2D eigenvalue weighted by atomic mass is 32.1. The normalized spacial score (nSPS) is 12.9. The highest BCUT2D eigenvalue weighted by Crippen LogP contribution is 2.60. The van der Waals surface area contributed by atoms with Gasteiger partial charge in [-0.2, -0.15) is 0 Å². The van der Waals surface area contributed by atoms with E-state index in [1.54, 1.807) is 6.07 Å². The van der Waals surface area contributed by atoms with Crippen LogP contribution < -0.4 is 4.90 Å². The molecule has 3 heteroatoms. The lowest BCUT2D eigenvalue weighted by Gasteiger charge is -2.35. The van der Waals surface area contributed by atoms with Gasteiger partial charge in [0.1, 0.15) is 5.82 Å². The molecule has 0 fully saturated rings. The van der Waals surface area contributed by atoms with Crippen molar-refractivity contribution >= 4 is 59.3 Å². The van der Waals surface area contributed by atoms with E-state index in [1.165, 1.54) is 70.7 Å². The van der Waals surface area contributed by atoms with Crippen molar-refractivity contribution in [1.82, 2.24) is 0 Å². The third-order valence-electron chi connectivity index (χ3n) is 12.3. The van der Waals surface area contributed by atoms with Crippen LogP contribution >= 0.6 is 11.3 Å². The average molecular weight is 764 g/mol. The van der Waals surface area contributed by atoms with Gasteiger partial charge in [-0.1, -0.05) is 127 Å². The molecule has 1 aliphatic rings. The molecule has 0 bridgehead atoms. The maximum absolute atomic E-state index is 15.0. The van der Waals surface area contributed by atoms with Gasteiger partial charge in [0, 0.05) is 37.2 Å². The van der Waals surface area contributed by atoms with Gasteiger partial charge in [-0.15, -0.1) is 11.3 Å². The Labute approximate surface area is 341 Å². The number of hydrogen-bond acceptors (Lipinski definition) is 2. The number of fused-ring (bicyclic) bond motifs is 8. The lowest BCUT2D eigenvalue weighted by molar-refractivity contribution is 0.628. The highest BCUT2D eigenvalue weighted by molar-refractivity contribution is 7.25. The minimum absolute atomic E-state index is 0.243. The second-order valence-electron chi connectivity index (χ2n) is 15.5. The number of anilines is 3. The second-order valence-corrected chi connectivity index (χ2v) is 16.6. The predicted octanol–water partition coefficient (Wildman–Crippen LogP) is 15.5. The van der Waals surface area contributed by atoms with Crippen LogP contribution in [0.2, 0.25) is 0 Å². The van der Waals surface area contributed by atoms with Crippen LogP contribution in [-0.4, -0.2) is 0 Å². The van der Waals surface area contributed by atoms with E-state index in [0.717, 1.165) is 39.0 Å². The van der Waals surface area contributed by atoms with Crippen molar-refractivity contribution in [2.24, 2.45) is 0 Å². The third-order valence-corrected chi connectivity index (χ3v) is 13.5. The van der Waals surface area contributed by atoms with Crippen molar-refractivity contribution in [2.75, 3.05) is 4.90 Å². The zero-order valence-corrected chi connectivity index (χ0v) is 33.0. The molecule has 1 aromatic heterocycles. The summed E-state index contributed by atoms with van der Waals surface area (Å²) in [5.41, 5.74) is 14.2. The summed E-state index contributed by atoms with van der Waals surface area (Å²) < 4.78 is 17.6.